The molecule has 98 valence electrons. The SMILES string of the molecule is CCc1ccc(C=CC(=O)NCC(O)CO)cc1. The number of aliphatic hydroxyl groups excluding tert-OH is 2. The van der Waals surface area contributed by atoms with Gasteiger partial charge in [0.05, 0.1) is 12.7 Å². The van der Waals surface area contributed by atoms with Gasteiger partial charge in [-0.15, -0.1) is 0 Å². The number of aryl methyl sites for hydroxylation is 1. The van der Waals surface area contributed by atoms with E-state index >= 15 is 0 Å². The highest BCUT2D eigenvalue weighted by molar-refractivity contribution is 5.91. The fraction of sp³-hybridized carbons (Fsp3) is 0.357. The Hall–Kier alpha value is -1.65. The predicted octanol–water partition coefficient (Wildman–Crippen LogP) is 0.732. The Balaban J connectivity index is 2.45. The monoisotopic (exact) mass is 249 g/mol. The zero-order valence-electron chi connectivity index (χ0n) is 10.5. The van der Waals surface area contributed by atoms with Crippen LogP contribution < -0.4 is 5.32 Å². The molecule has 1 amide bonds. The Morgan fingerprint density at radius 3 is 2.61 bits per heavy atom. The predicted molar refractivity (Wildman–Crippen MR) is 71.0 cm³/mol. The first kappa shape index (κ1) is 14.4. The van der Waals surface area contributed by atoms with Gasteiger partial charge in [0.2, 0.25) is 5.91 Å². The van der Waals surface area contributed by atoms with Gasteiger partial charge in [-0.2, -0.15) is 0 Å². The quantitative estimate of drug-likeness (QED) is 0.651. The molecule has 0 bridgehead atoms. The van der Waals surface area contributed by atoms with Gasteiger partial charge >= 0.3 is 0 Å². The molecule has 18 heavy (non-hydrogen) atoms. The second-order valence-corrected chi connectivity index (χ2v) is 4.01. The van der Waals surface area contributed by atoms with Crippen molar-refractivity contribution in [3.05, 3.63) is 41.5 Å². The van der Waals surface area contributed by atoms with Crippen molar-refractivity contribution in [2.24, 2.45) is 0 Å². The topological polar surface area (TPSA) is 69.6 Å². The molecule has 0 aromatic heterocycles. The van der Waals surface area contributed by atoms with Gasteiger partial charge in [-0.3, -0.25) is 4.79 Å². The molecule has 1 atom stereocenters. The van der Waals surface area contributed by atoms with Crippen LogP contribution in [0, 0.1) is 0 Å². The molecule has 1 unspecified atom stereocenters. The molecule has 0 fully saturated rings. The van der Waals surface area contributed by atoms with E-state index in [1.165, 1.54) is 11.6 Å². The number of carbonyl (C=O) groups excluding carboxylic acids is 1. The minimum Gasteiger partial charge on any atom is -0.394 e. The van der Waals surface area contributed by atoms with E-state index in [2.05, 4.69) is 12.2 Å². The Labute approximate surface area is 107 Å². The molecule has 3 N–H and O–H groups in total. The van der Waals surface area contributed by atoms with Crippen LogP contribution in [0.3, 0.4) is 0 Å². The summed E-state index contributed by atoms with van der Waals surface area (Å²) in [5, 5.41) is 20.1. The summed E-state index contributed by atoms with van der Waals surface area (Å²) in [7, 11) is 0. The maximum atomic E-state index is 11.4. The Kier molecular flexibility index (Phi) is 6.11. The zero-order chi connectivity index (χ0) is 13.4. The number of aliphatic hydroxyl groups is 2. The van der Waals surface area contributed by atoms with Gasteiger partial charge in [-0.1, -0.05) is 31.2 Å². The van der Waals surface area contributed by atoms with Crippen LogP contribution in [0.2, 0.25) is 0 Å². The summed E-state index contributed by atoms with van der Waals surface area (Å²) in [4.78, 5) is 11.4. The average Bonchev–Trinajstić information content (AvgIpc) is 2.42. The summed E-state index contributed by atoms with van der Waals surface area (Å²) in [5.41, 5.74) is 2.20. The molecular weight excluding hydrogens is 230 g/mol. The van der Waals surface area contributed by atoms with Crippen molar-refractivity contribution in [3.63, 3.8) is 0 Å². The molecule has 1 aromatic carbocycles. The summed E-state index contributed by atoms with van der Waals surface area (Å²) in [6.07, 6.45) is 3.19. The summed E-state index contributed by atoms with van der Waals surface area (Å²) in [6.45, 7) is 1.78. The minimum absolute atomic E-state index is 0.0500. The maximum absolute atomic E-state index is 11.4. The molecule has 0 heterocycles. The van der Waals surface area contributed by atoms with Gasteiger partial charge in [-0.25, -0.2) is 0 Å². The van der Waals surface area contributed by atoms with Crippen molar-refractivity contribution in [1.29, 1.82) is 0 Å². The van der Waals surface area contributed by atoms with E-state index in [9.17, 15) is 4.79 Å². The number of hydrogen-bond donors (Lipinski definition) is 3. The number of benzene rings is 1. The van der Waals surface area contributed by atoms with Gasteiger partial charge < -0.3 is 15.5 Å². The van der Waals surface area contributed by atoms with E-state index in [0.29, 0.717) is 0 Å². The minimum atomic E-state index is -0.911. The Morgan fingerprint density at radius 2 is 2.06 bits per heavy atom. The van der Waals surface area contributed by atoms with Crippen molar-refractivity contribution in [3.8, 4) is 0 Å². The van der Waals surface area contributed by atoms with Crippen LogP contribution in [0.1, 0.15) is 18.1 Å². The van der Waals surface area contributed by atoms with E-state index in [0.717, 1.165) is 12.0 Å². The second-order valence-electron chi connectivity index (χ2n) is 4.01. The molecule has 0 saturated heterocycles. The maximum Gasteiger partial charge on any atom is 0.244 e. The fourth-order valence-corrected chi connectivity index (χ4v) is 1.38. The molecule has 0 aliphatic heterocycles. The van der Waals surface area contributed by atoms with Crippen molar-refractivity contribution < 1.29 is 15.0 Å². The number of rotatable bonds is 6. The molecule has 1 aromatic rings. The smallest absolute Gasteiger partial charge is 0.244 e. The fourth-order valence-electron chi connectivity index (χ4n) is 1.38. The van der Waals surface area contributed by atoms with Crippen LogP contribution in [0.5, 0.6) is 0 Å². The molecule has 0 spiro atoms. The van der Waals surface area contributed by atoms with E-state index in [-0.39, 0.29) is 19.1 Å². The van der Waals surface area contributed by atoms with Crippen LogP contribution in [0.25, 0.3) is 6.08 Å². The summed E-state index contributed by atoms with van der Waals surface area (Å²) >= 11 is 0. The Bertz CT molecular complexity index is 398. The van der Waals surface area contributed by atoms with Crippen LogP contribution in [0.15, 0.2) is 30.3 Å². The highest BCUT2D eigenvalue weighted by Crippen LogP contribution is 2.06. The van der Waals surface area contributed by atoms with Gasteiger partial charge in [-0.05, 0) is 23.6 Å². The first-order valence-corrected chi connectivity index (χ1v) is 5.99. The standard InChI is InChI=1S/C14H19NO3/c1-2-11-3-5-12(6-4-11)7-8-14(18)15-9-13(17)10-16/h3-8,13,16-17H,2,9-10H2,1H3,(H,15,18). The molecule has 0 aliphatic carbocycles. The van der Waals surface area contributed by atoms with Gasteiger partial charge in [0.15, 0.2) is 0 Å². The van der Waals surface area contributed by atoms with Gasteiger partial charge in [0.1, 0.15) is 0 Å². The van der Waals surface area contributed by atoms with Crippen molar-refractivity contribution >= 4 is 12.0 Å². The van der Waals surface area contributed by atoms with E-state index < -0.39 is 6.10 Å². The lowest BCUT2D eigenvalue weighted by molar-refractivity contribution is -0.117. The van der Waals surface area contributed by atoms with Crippen LogP contribution in [-0.4, -0.2) is 35.4 Å². The van der Waals surface area contributed by atoms with E-state index in [1.54, 1.807) is 6.08 Å². The van der Waals surface area contributed by atoms with Crippen molar-refractivity contribution in [1.82, 2.24) is 5.32 Å². The summed E-state index contributed by atoms with van der Waals surface area (Å²) < 4.78 is 0. The number of hydrogen-bond acceptors (Lipinski definition) is 3. The van der Waals surface area contributed by atoms with Crippen LogP contribution >= 0.6 is 0 Å². The molecular formula is C14H19NO3. The molecule has 0 radical (unpaired) electrons. The lowest BCUT2D eigenvalue weighted by Crippen LogP contribution is -2.32. The molecule has 4 nitrogen and oxygen atoms in total. The molecule has 0 aliphatic rings. The lowest BCUT2D eigenvalue weighted by atomic mass is 10.1. The second kappa shape index (κ2) is 7.63. The van der Waals surface area contributed by atoms with E-state index in [1.807, 2.05) is 24.3 Å². The third kappa shape index (κ3) is 5.12. The zero-order valence-corrected chi connectivity index (χ0v) is 10.5. The number of amides is 1. The summed E-state index contributed by atoms with van der Waals surface area (Å²) in [6, 6.07) is 7.94. The lowest BCUT2D eigenvalue weighted by Gasteiger charge is -2.06. The van der Waals surface area contributed by atoms with E-state index in [4.69, 9.17) is 10.2 Å². The third-order valence-electron chi connectivity index (χ3n) is 2.54. The first-order chi connectivity index (χ1) is 8.65. The average molecular weight is 249 g/mol. The molecule has 4 heteroatoms. The first-order valence-electron chi connectivity index (χ1n) is 5.99. The molecule has 0 saturated carbocycles. The van der Waals surface area contributed by atoms with Crippen LogP contribution in [0.4, 0.5) is 0 Å². The summed E-state index contributed by atoms with van der Waals surface area (Å²) in [5.74, 6) is -0.290. The number of carbonyl (C=O) groups is 1. The van der Waals surface area contributed by atoms with Gasteiger partial charge in [0.25, 0.3) is 0 Å². The normalized spacial score (nSPS) is 12.6. The van der Waals surface area contributed by atoms with Gasteiger partial charge in [0, 0.05) is 12.6 Å². The van der Waals surface area contributed by atoms with Crippen molar-refractivity contribution in [2.45, 2.75) is 19.4 Å². The Morgan fingerprint density at radius 1 is 1.39 bits per heavy atom. The molecule has 1 rings (SSSR count). The largest absolute Gasteiger partial charge is 0.394 e. The highest BCUT2D eigenvalue weighted by atomic mass is 16.3. The van der Waals surface area contributed by atoms with Crippen LogP contribution in [-0.2, 0) is 11.2 Å². The number of nitrogens with one attached hydrogen (secondary N) is 1. The van der Waals surface area contributed by atoms with Crippen molar-refractivity contribution in [2.75, 3.05) is 13.2 Å². The third-order valence-corrected chi connectivity index (χ3v) is 2.54. The highest BCUT2D eigenvalue weighted by Gasteiger charge is 2.02.